The molecule has 1 fully saturated rings. The largest absolute Gasteiger partial charge is 0.487 e. The van der Waals surface area contributed by atoms with Crippen LogP contribution < -0.4 is 4.74 Å². The first-order valence-electron chi connectivity index (χ1n) is 10.9. The second kappa shape index (κ2) is 11.1. The van der Waals surface area contributed by atoms with Gasteiger partial charge in [0.25, 0.3) is 5.91 Å². The normalized spacial score (nSPS) is 14.9. The molecule has 0 N–H and O–H groups in total. The molecule has 5 nitrogen and oxygen atoms in total. The van der Waals surface area contributed by atoms with Crippen molar-refractivity contribution in [2.75, 3.05) is 32.7 Å². The average molecular weight is 436 g/mol. The van der Waals surface area contributed by atoms with Crippen molar-refractivity contribution in [3.8, 4) is 5.75 Å². The molecule has 2 heterocycles. The number of thiazole rings is 1. The van der Waals surface area contributed by atoms with Crippen molar-refractivity contribution in [2.45, 2.75) is 25.9 Å². The summed E-state index contributed by atoms with van der Waals surface area (Å²) in [7, 11) is 0. The zero-order valence-corrected chi connectivity index (χ0v) is 18.6. The summed E-state index contributed by atoms with van der Waals surface area (Å²) in [6, 6.07) is 18.1. The molecule has 1 aliphatic rings. The van der Waals surface area contributed by atoms with E-state index in [1.54, 1.807) is 16.8 Å². The highest BCUT2D eigenvalue weighted by molar-refractivity contribution is 7.07. The van der Waals surface area contributed by atoms with Gasteiger partial charge in [-0.1, -0.05) is 36.4 Å². The summed E-state index contributed by atoms with van der Waals surface area (Å²) in [6.45, 7) is 5.06. The van der Waals surface area contributed by atoms with Gasteiger partial charge in [0.05, 0.1) is 11.2 Å². The molecule has 0 saturated carbocycles. The number of hydrogen-bond donors (Lipinski definition) is 0. The van der Waals surface area contributed by atoms with Gasteiger partial charge < -0.3 is 14.5 Å². The molecule has 1 amide bonds. The van der Waals surface area contributed by atoms with Crippen LogP contribution in [-0.4, -0.2) is 53.4 Å². The summed E-state index contributed by atoms with van der Waals surface area (Å²) in [6.07, 6.45) is 3.26. The van der Waals surface area contributed by atoms with Crippen LogP contribution in [0.25, 0.3) is 0 Å². The van der Waals surface area contributed by atoms with Gasteiger partial charge in [0.15, 0.2) is 0 Å². The lowest BCUT2D eigenvalue weighted by atomic mass is 10.1. The molecular formula is C25H29N3O2S. The Morgan fingerprint density at radius 1 is 1.03 bits per heavy atom. The smallest absolute Gasteiger partial charge is 0.254 e. The molecule has 1 saturated heterocycles. The van der Waals surface area contributed by atoms with Gasteiger partial charge in [-0.05, 0) is 56.1 Å². The van der Waals surface area contributed by atoms with E-state index in [1.165, 1.54) is 5.56 Å². The molecule has 6 heteroatoms. The van der Waals surface area contributed by atoms with Crippen LogP contribution in [0.1, 0.15) is 34.5 Å². The summed E-state index contributed by atoms with van der Waals surface area (Å²) in [5.41, 5.74) is 4.78. The third-order valence-electron chi connectivity index (χ3n) is 5.61. The predicted molar refractivity (Wildman–Crippen MR) is 125 cm³/mol. The molecule has 2 aromatic carbocycles. The van der Waals surface area contributed by atoms with Crippen molar-refractivity contribution >= 4 is 17.2 Å². The van der Waals surface area contributed by atoms with E-state index >= 15 is 0 Å². The first-order chi connectivity index (χ1) is 15.3. The number of benzene rings is 2. The maximum Gasteiger partial charge on any atom is 0.254 e. The monoisotopic (exact) mass is 435 g/mol. The number of amides is 1. The highest BCUT2D eigenvalue weighted by Crippen LogP contribution is 2.18. The second-order valence-corrected chi connectivity index (χ2v) is 8.59. The average Bonchev–Trinajstić information content (AvgIpc) is 3.23. The predicted octanol–water partition coefficient (Wildman–Crippen LogP) is 4.50. The van der Waals surface area contributed by atoms with Gasteiger partial charge in [0.1, 0.15) is 12.4 Å². The molecule has 0 radical (unpaired) electrons. The Morgan fingerprint density at radius 2 is 1.94 bits per heavy atom. The maximum atomic E-state index is 13.1. The van der Waals surface area contributed by atoms with Crippen LogP contribution in [0, 0.1) is 0 Å². The van der Waals surface area contributed by atoms with E-state index in [0.717, 1.165) is 57.7 Å². The number of rotatable bonds is 8. The van der Waals surface area contributed by atoms with E-state index in [4.69, 9.17) is 4.74 Å². The highest BCUT2D eigenvalue weighted by atomic mass is 32.1. The Hall–Kier alpha value is -2.70. The first-order valence-corrected chi connectivity index (χ1v) is 11.9. The summed E-state index contributed by atoms with van der Waals surface area (Å²) in [5.74, 6) is 0.793. The minimum Gasteiger partial charge on any atom is -0.487 e. The van der Waals surface area contributed by atoms with Crippen molar-refractivity contribution in [2.24, 2.45) is 0 Å². The van der Waals surface area contributed by atoms with Crippen LogP contribution >= 0.6 is 11.3 Å². The van der Waals surface area contributed by atoms with Gasteiger partial charge in [-0.15, -0.1) is 11.3 Å². The van der Waals surface area contributed by atoms with Crippen molar-refractivity contribution in [3.63, 3.8) is 0 Å². The van der Waals surface area contributed by atoms with Crippen molar-refractivity contribution < 1.29 is 9.53 Å². The fourth-order valence-corrected chi connectivity index (χ4v) is 4.46. The Morgan fingerprint density at radius 3 is 2.77 bits per heavy atom. The van der Waals surface area contributed by atoms with Gasteiger partial charge in [-0.2, -0.15) is 0 Å². The standard InChI is InChI=1S/C25H29N3O2S/c29-25(22-10-4-11-24(17-22)30-18-23-19-31-20-26-23)28-14-6-13-27(15-16-28)12-5-9-21-7-2-1-3-8-21/h1-4,7-8,10-11,17,19-20H,5-6,9,12-16,18H2. The van der Waals surface area contributed by atoms with E-state index in [1.807, 2.05) is 34.5 Å². The summed E-state index contributed by atoms with van der Waals surface area (Å²) < 4.78 is 5.82. The number of carbonyl (C=O) groups excluding carboxylic acids is 1. The molecule has 1 aromatic heterocycles. The molecule has 31 heavy (non-hydrogen) atoms. The van der Waals surface area contributed by atoms with Gasteiger partial charge >= 0.3 is 0 Å². The molecule has 4 rings (SSSR count). The Bertz CT molecular complexity index is 946. The van der Waals surface area contributed by atoms with Gasteiger partial charge in [-0.3, -0.25) is 4.79 Å². The lowest BCUT2D eigenvalue weighted by Gasteiger charge is -2.22. The highest BCUT2D eigenvalue weighted by Gasteiger charge is 2.20. The summed E-state index contributed by atoms with van der Waals surface area (Å²) in [5, 5.41) is 1.97. The number of ether oxygens (including phenoxy) is 1. The first kappa shape index (κ1) is 21.5. The molecule has 0 spiro atoms. The van der Waals surface area contributed by atoms with Crippen LogP contribution in [0.15, 0.2) is 65.5 Å². The Balaban J connectivity index is 1.26. The van der Waals surface area contributed by atoms with Crippen LogP contribution in [0.4, 0.5) is 0 Å². The minimum absolute atomic E-state index is 0.0882. The van der Waals surface area contributed by atoms with Crippen molar-refractivity contribution in [1.82, 2.24) is 14.8 Å². The van der Waals surface area contributed by atoms with E-state index in [2.05, 4.69) is 40.2 Å². The van der Waals surface area contributed by atoms with E-state index in [-0.39, 0.29) is 5.91 Å². The number of nitrogens with zero attached hydrogens (tertiary/aromatic N) is 3. The third kappa shape index (κ3) is 6.39. The van der Waals surface area contributed by atoms with Gasteiger partial charge in [0.2, 0.25) is 0 Å². The van der Waals surface area contributed by atoms with Crippen molar-refractivity contribution in [3.05, 3.63) is 82.3 Å². The van der Waals surface area contributed by atoms with E-state index in [9.17, 15) is 4.79 Å². The SMILES string of the molecule is O=C(c1cccc(OCc2cscn2)c1)N1CCCN(CCCc2ccccc2)CC1. The quantitative estimate of drug-likeness (QED) is 0.523. The van der Waals surface area contributed by atoms with E-state index in [0.29, 0.717) is 17.9 Å². The van der Waals surface area contributed by atoms with Gasteiger partial charge in [-0.25, -0.2) is 4.98 Å². The molecule has 3 aromatic rings. The molecule has 0 unspecified atom stereocenters. The maximum absolute atomic E-state index is 13.1. The lowest BCUT2D eigenvalue weighted by molar-refractivity contribution is 0.0761. The topological polar surface area (TPSA) is 45.7 Å². The molecule has 0 bridgehead atoms. The molecule has 1 aliphatic heterocycles. The Kier molecular flexibility index (Phi) is 7.69. The number of carbonyl (C=O) groups is 1. The lowest BCUT2D eigenvalue weighted by Crippen LogP contribution is -2.35. The van der Waals surface area contributed by atoms with Crippen molar-refractivity contribution in [1.29, 1.82) is 0 Å². The fraction of sp³-hybridized carbons (Fsp3) is 0.360. The zero-order valence-electron chi connectivity index (χ0n) is 17.8. The summed E-state index contributed by atoms with van der Waals surface area (Å²) >= 11 is 1.55. The number of hydrogen-bond acceptors (Lipinski definition) is 5. The minimum atomic E-state index is 0.0882. The van der Waals surface area contributed by atoms with Gasteiger partial charge in [0, 0.05) is 30.6 Å². The third-order valence-corrected chi connectivity index (χ3v) is 6.24. The molecule has 0 aliphatic carbocycles. The summed E-state index contributed by atoms with van der Waals surface area (Å²) in [4.78, 5) is 21.8. The second-order valence-electron chi connectivity index (χ2n) is 7.87. The van der Waals surface area contributed by atoms with E-state index < -0.39 is 0 Å². The number of aryl methyl sites for hydroxylation is 1. The Labute approximate surface area is 188 Å². The zero-order chi connectivity index (χ0) is 21.3. The number of aromatic nitrogens is 1. The molecule has 162 valence electrons. The van der Waals surface area contributed by atoms with Crippen LogP contribution in [0.2, 0.25) is 0 Å². The van der Waals surface area contributed by atoms with Crippen LogP contribution in [-0.2, 0) is 13.0 Å². The molecular weight excluding hydrogens is 406 g/mol. The molecule has 0 atom stereocenters. The van der Waals surface area contributed by atoms with Crippen LogP contribution in [0.3, 0.4) is 0 Å². The van der Waals surface area contributed by atoms with Crippen LogP contribution in [0.5, 0.6) is 5.75 Å². The fourth-order valence-electron chi connectivity index (χ4n) is 3.92.